The topological polar surface area (TPSA) is 70.1 Å². The maximum Gasteiger partial charge on any atom is 0.295 e. The van der Waals surface area contributed by atoms with E-state index in [2.05, 4.69) is 32.6 Å². The summed E-state index contributed by atoms with van der Waals surface area (Å²) in [6.45, 7) is 12.2. The van der Waals surface area contributed by atoms with E-state index in [0.717, 1.165) is 38.0 Å². The number of likely N-dealkylation sites (tertiary alicyclic amines) is 1. The van der Waals surface area contributed by atoms with Gasteiger partial charge in [-0.25, -0.2) is 0 Å². The molecular weight excluding hydrogens is 440 g/mol. The predicted molar refractivity (Wildman–Crippen MR) is 139 cm³/mol. The van der Waals surface area contributed by atoms with Crippen LogP contribution in [0.3, 0.4) is 0 Å². The minimum Gasteiger partial charge on any atom is -0.507 e. The van der Waals surface area contributed by atoms with Crippen LogP contribution in [0.5, 0.6) is 5.75 Å². The molecule has 1 fully saturated rings. The molecule has 1 heterocycles. The predicted octanol–water partition coefficient (Wildman–Crippen LogP) is 5.27. The molecule has 188 valence electrons. The van der Waals surface area contributed by atoms with Gasteiger partial charge in [0.05, 0.1) is 18.2 Å². The summed E-state index contributed by atoms with van der Waals surface area (Å²) in [5.74, 6) is -0.145. The van der Waals surface area contributed by atoms with Crippen molar-refractivity contribution in [1.29, 1.82) is 0 Å². The van der Waals surface area contributed by atoms with Gasteiger partial charge in [0, 0.05) is 12.1 Å². The Hall–Kier alpha value is -3.12. The van der Waals surface area contributed by atoms with E-state index in [0.29, 0.717) is 30.4 Å². The molecule has 2 aromatic carbocycles. The number of amides is 1. The molecule has 0 aliphatic carbocycles. The molecule has 6 heteroatoms. The number of hydrogen-bond acceptors (Lipinski definition) is 5. The molecule has 0 aromatic heterocycles. The van der Waals surface area contributed by atoms with E-state index < -0.39 is 17.7 Å². The first-order valence-electron chi connectivity index (χ1n) is 12.7. The minimum absolute atomic E-state index is 0.128. The quantitative estimate of drug-likeness (QED) is 0.256. The smallest absolute Gasteiger partial charge is 0.295 e. The molecule has 0 radical (unpaired) electrons. The van der Waals surface area contributed by atoms with Crippen LogP contribution in [0, 0.1) is 5.92 Å². The normalized spacial score (nSPS) is 17.5. The number of nitrogens with zero attached hydrogens (tertiary/aromatic N) is 2. The second-order valence-corrected chi connectivity index (χ2v) is 9.34. The summed E-state index contributed by atoms with van der Waals surface area (Å²) in [6, 6.07) is 15.8. The number of aliphatic hydroxyl groups is 1. The van der Waals surface area contributed by atoms with Gasteiger partial charge in [-0.1, -0.05) is 70.2 Å². The number of ether oxygens (including phenoxy) is 1. The lowest BCUT2D eigenvalue weighted by atomic mass is 9.95. The first kappa shape index (κ1) is 26.5. The molecule has 0 saturated carbocycles. The highest BCUT2D eigenvalue weighted by atomic mass is 16.5. The average molecular weight is 479 g/mol. The van der Waals surface area contributed by atoms with Crippen molar-refractivity contribution < 1.29 is 19.4 Å². The maximum atomic E-state index is 13.2. The van der Waals surface area contributed by atoms with Crippen molar-refractivity contribution in [2.24, 2.45) is 5.92 Å². The van der Waals surface area contributed by atoms with Crippen molar-refractivity contribution in [3.63, 3.8) is 0 Å². The third kappa shape index (κ3) is 6.51. The van der Waals surface area contributed by atoms with E-state index in [1.165, 1.54) is 0 Å². The monoisotopic (exact) mass is 478 g/mol. The van der Waals surface area contributed by atoms with Crippen LogP contribution < -0.4 is 4.74 Å². The number of carbonyl (C=O) groups is 2. The highest BCUT2D eigenvalue weighted by molar-refractivity contribution is 6.46. The number of Topliss-reactive ketones (excluding diaryl/α,β-unsaturated/α-hetero) is 1. The maximum absolute atomic E-state index is 13.2. The molecule has 3 rings (SSSR count). The lowest BCUT2D eigenvalue weighted by Crippen LogP contribution is -2.33. The highest BCUT2D eigenvalue weighted by Gasteiger charge is 2.45. The van der Waals surface area contributed by atoms with Crippen LogP contribution in [-0.4, -0.2) is 59.4 Å². The van der Waals surface area contributed by atoms with Crippen molar-refractivity contribution in [2.45, 2.75) is 46.6 Å². The van der Waals surface area contributed by atoms with Crippen LogP contribution in [0.25, 0.3) is 5.76 Å². The first-order chi connectivity index (χ1) is 16.9. The van der Waals surface area contributed by atoms with Crippen LogP contribution in [0.4, 0.5) is 0 Å². The Morgan fingerprint density at radius 2 is 1.77 bits per heavy atom. The third-order valence-corrected chi connectivity index (χ3v) is 6.49. The molecule has 1 aliphatic heterocycles. The van der Waals surface area contributed by atoms with Crippen molar-refractivity contribution in [3.05, 3.63) is 71.3 Å². The molecule has 1 unspecified atom stereocenters. The first-order valence-corrected chi connectivity index (χ1v) is 12.7. The Bertz CT molecular complexity index is 1030. The van der Waals surface area contributed by atoms with E-state index in [1.54, 1.807) is 29.2 Å². The Morgan fingerprint density at radius 1 is 1.06 bits per heavy atom. The van der Waals surface area contributed by atoms with Gasteiger partial charge in [-0.2, -0.15) is 0 Å². The average Bonchev–Trinajstić information content (AvgIpc) is 3.11. The molecule has 1 N–H and O–H groups in total. The fraction of sp³-hybridized carbons (Fsp3) is 0.448. The molecule has 0 spiro atoms. The van der Waals surface area contributed by atoms with E-state index in [4.69, 9.17) is 4.74 Å². The zero-order chi connectivity index (χ0) is 25.4. The van der Waals surface area contributed by atoms with Gasteiger partial charge in [0.25, 0.3) is 11.7 Å². The van der Waals surface area contributed by atoms with E-state index in [1.807, 2.05) is 30.3 Å². The molecular formula is C29H38N2O4. The molecule has 6 nitrogen and oxygen atoms in total. The summed E-state index contributed by atoms with van der Waals surface area (Å²) in [4.78, 5) is 30.3. The van der Waals surface area contributed by atoms with Gasteiger partial charge >= 0.3 is 0 Å². The molecule has 1 saturated heterocycles. The number of hydrogen-bond donors (Lipinski definition) is 1. The molecule has 1 amide bonds. The summed E-state index contributed by atoms with van der Waals surface area (Å²) in [5.41, 5.74) is 1.40. The zero-order valence-corrected chi connectivity index (χ0v) is 21.4. The summed E-state index contributed by atoms with van der Waals surface area (Å²) in [6.07, 6.45) is 1.67. The number of rotatable bonds is 12. The van der Waals surface area contributed by atoms with Crippen molar-refractivity contribution in [2.75, 3.05) is 32.8 Å². The molecule has 2 aromatic rings. The van der Waals surface area contributed by atoms with Crippen LogP contribution in [0.2, 0.25) is 0 Å². The largest absolute Gasteiger partial charge is 0.507 e. The Kier molecular flexibility index (Phi) is 9.49. The Labute approximate surface area is 209 Å². The van der Waals surface area contributed by atoms with Gasteiger partial charge in [-0.3, -0.25) is 9.59 Å². The van der Waals surface area contributed by atoms with Gasteiger partial charge < -0.3 is 19.6 Å². The fourth-order valence-electron chi connectivity index (χ4n) is 4.40. The lowest BCUT2D eigenvalue weighted by Gasteiger charge is -2.27. The van der Waals surface area contributed by atoms with E-state index in [9.17, 15) is 14.7 Å². The fourth-order valence-corrected chi connectivity index (χ4v) is 4.40. The molecule has 0 bridgehead atoms. The summed E-state index contributed by atoms with van der Waals surface area (Å²) in [7, 11) is 0. The molecule has 35 heavy (non-hydrogen) atoms. The molecule has 1 atom stereocenters. The van der Waals surface area contributed by atoms with Crippen LogP contribution in [0.1, 0.15) is 57.7 Å². The number of carbonyl (C=O) groups excluding carboxylic acids is 2. The number of aliphatic hydroxyl groups excluding tert-OH is 1. The Morgan fingerprint density at radius 3 is 2.43 bits per heavy atom. The van der Waals surface area contributed by atoms with Gasteiger partial charge in [-0.15, -0.1) is 0 Å². The van der Waals surface area contributed by atoms with Crippen LogP contribution in [0.15, 0.2) is 60.2 Å². The molecule has 1 aliphatic rings. The van der Waals surface area contributed by atoms with Crippen LogP contribution in [-0.2, 0) is 9.59 Å². The third-order valence-electron chi connectivity index (χ3n) is 6.49. The second-order valence-electron chi connectivity index (χ2n) is 9.34. The standard InChI is InChI=1S/C29H38N2O4/c1-5-30(6-2)17-11-18-31-26(23-14-10-15-24(20-23)35-19-16-21(3)4)25(28(33)29(31)34)27(32)22-12-8-7-9-13-22/h7-10,12-15,20-21,26,32H,5-6,11,16-19H2,1-4H3. The van der Waals surface area contributed by atoms with Gasteiger partial charge in [-0.05, 0) is 56.1 Å². The zero-order valence-electron chi connectivity index (χ0n) is 21.4. The second kappa shape index (κ2) is 12.5. The van der Waals surface area contributed by atoms with E-state index >= 15 is 0 Å². The summed E-state index contributed by atoms with van der Waals surface area (Å²) >= 11 is 0. The van der Waals surface area contributed by atoms with Gasteiger partial charge in [0.15, 0.2) is 0 Å². The number of ketones is 1. The lowest BCUT2D eigenvalue weighted by molar-refractivity contribution is -0.140. The van der Waals surface area contributed by atoms with Crippen LogP contribution >= 0.6 is 0 Å². The van der Waals surface area contributed by atoms with E-state index in [-0.39, 0.29) is 11.3 Å². The van der Waals surface area contributed by atoms with Crippen molar-refractivity contribution >= 4 is 17.4 Å². The summed E-state index contributed by atoms with van der Waals surface area (Å²) < 4.78 is 5.95. The van der Waals surface area contributed by atoms with Gasteiger partial charge in [0.1, 0.15) is 11.5 Å². The Balaban J connectivity index is 1.98. The highest BCUT2D eigenvalue weighted by Crippen LogP contribution is 2.40. The number of benzene rings is 2. The van der Waals surface area contributed by atoms with Crippen molar-refractivity contribution in [3.8, 4) is 5.75 Å². The SMILES string of the molecule is CCN(CC)CCCN1C(=O)C(=O)C(=C(O)c2ccccc2)C1c1cccc(OCCC(C)C)c1. The minimum atomic E-state index is -0.666. The summed E-state index contributed by atoms with van der Waals surface area (Å²) in [5, 5.41) is 11.2. The van der Waals surface area contributed by atoms with Crippen molar-refractivity contribution in [1.82, 2.24) is 9.80 Å². The van der Waals surface area contributed by atoms with Gasteiger partial charge in [0.2, 0.25) is 0 Å².